The van der Waals surface area contributed by atoms with Crippen LogP contribution in [-0.4, -0.2) is 87.5 Å². The van der Waals surface area contributed by atoms with E-state index in [9.17, 15) is 30.3 Å². The number of allylic oxidation sites excluding steroid dienone is 7. The Labute approximate surface area is 456 Å². The lowest BCUT2D eigenvalue weighted by atomic mass is 9.99. The van der Waals surface area contributed by atoms with Crippen LogP contribution >= 0.6 is 0 Å². The van der Waals surface area contributed by atoms with Crippen LogP contribution in [-0.2, 0) is 14.3 Å². The second-order valence-corrected chi connectivity index (χ2v) is 22.2. The van der Waals surface area contributed by atoms with Crippen molar-refractivity contribution in [3.8, 4) is 0 Å². The first-order chi connectivity index (χ1) is 36.3. The molecule has 9 nitrogen and oxygen atoms in total. The smallest absolute Gasteiger partial charge is 0.220 e. The van der Waals surface area contributed by atoms with Crippen LogP contribution in [0, 0.1) is 0 Å². The molecule has 1 aliphatic rings. The topological polar surface area (TPSA) is 149 Å². The van der Waals surface area contributed by atoms with Crippen molar-refractivity contribution in [1.29, 1.82) is 0 Å². The zero-order chi connectivity index (χ0) is 53.6. The van der Waals surface area contributed by atoms with Crippen LogP contribution in [0.3, 0.4) is 0 Å². The van der Waals surface area contributed by atoms with Crippen LogP contribution < -0.4 is 5.32 Å². The molecule has 0 bridgehead atoms. The molecule has 1 saturated heterocycles. The number of carbonyl (C=O) groups excluding carboxylic acids is 1. The maximum atomic E-state index is 13.1. The van der Waals surface area contributed by atoms with Gasteiger partial charge in [0, 0.05) is 6.42 Å². The van der Waals surface area contributed by atoms with Gasteiger partial charge >= 0.3 is 0 Å². The number of nitrogens with one attached hydrogen (secondary N) is 1. The van der Waals surface area contributed by atoms with E-state index in [4.69, 9.17) is 9.47 Å². The van der Waals surface area contributed by atoms with E-state index in [1.165, 1.54) is 231 Å². The first kappa shape index (κ1) is 70.2. The molecule has 0 aromatic heterocycles. The summed E-state index contributed by atoms with van der Waals surface area (Å²) in [5.74, 6) is -0.173. The molecule has 7 unspecified atom stereocenters. The van der Waals surface area contributed by atoms with Crippen molar-refractivity contribution in [2.24, 2.45) is 0 Å². The molecule has 0 aromatic carbocycles. The maximum absolute atomic E-state index is 13.1. The van der Waals surface area contributed by atoms with Crippen LogP contribution in [0.25, 0.3) is 0 Å². The molecular formula is C65H121NO8. The van der Waals surface area contributed by atoms with E-state index >= 15 is 0 Å². The first-order valence-electron chi connectivity index (χ1n) is 31.9. The van der Waals surface area contributed by atoms with Gasteiger partial charge in [-0.3, -0.25) is 4.79 Å². The lowest BCUT2D eigenvalue weighted by Crippen LogP contribution is -2.60. The fourth-order valence-corrected chi connectivity index (χ4v) is 10.1. The Kier molecular flexibility index (Phi) is 51.7. The van der Waals surface area contributed by atoms with Gasteiger partial charge in [0.2, 0.25) is 5.91 Å². The van der Waals surface area contributed by atoms with Gasteiger partial charge in [-0.15, -0.1) is 0 Å². The normalized spacial score (nSPS) is 19.3. The minimum atomic E-state index is -1.57. The first-order valence-corrected chi connectivity index (χ1v) is 31.9. The number of amides is 1. The highest BCUT2D eigenvalue weighted by Gasteiger charge is 2.44. The highest BCUT2D eigenvalue weighted by atomic mass is 16.7. The summed E-state index contributed by atoms with van der Waals surface area (Å²) >= 11 is 0. The van der Waals surface area contributed by atoms with Crippen molar-refractivity contribution < 1.29 is 39.8 Å². The molecule has 0 spiro atoms. The zero-order valence-corrected chi connectivity index (χ0v) is 48.4. The van der Waals surface area contributed by atoms with E-state index in [0.717, 1.165) is 51.4 Å². The van der Waals surface area contributed by atoms with Gasteiger partial charge < -0.3 is 40.3 Å². The van der Waals surface area contributed by atoms with Gasteiger partial charge in [-0.2, -0.15) is 0 Å². The van der Waals surface area contributed by atoms with E-state index in [-0.39, 0.29) is 12.5 Å². The SMILES string of the molecule is CCCCCCC/C=C\C/C=C\C/C=C\CCCCCCCCCCCCCCCCCCCCCCC(=O)NC(COC1OC(CO)C(O)C(O)C1O)C(O)/C=C/CCCCCCCCCCCCCCCC. The number of ether oxygens (including phenoxy) is 2. The van der Waals surface area contributed by atoms with Crippen molar-refractivity contribution in [3.05, 3.63) is 48.6 Å². The Balaban J connectivity index is 2.10. The average molecular weight is 1040 g/mol. The summed E-state index contributed by atoms with van der Waals surface area (Å²) in [5.41, 5.74) is 0. The molecule has 1 amide bonds. The van der Waals surface area contributed by atoms with Crippen LogP contribution in [0.15, 0.2) is 48.6 Å². The van der Waals surface area contributed by atoms with Gasteiger partial charge in [-0.05, 0) is 57.8 Å². The Bertz CT molecular complexity index is 1300. The minimum Gasteiger partial charge on any atom is -0.394 e. The highest BCUT2D eigenvalue weighted by Crippen LogP contribution is 2.23. The maximum Gasteiger partial charge on any atom is 0.220 e. The average Bonchev–Trinajstić information content (AvgIpc) is 3.40. The van der Waals surface area contributed by atoms with E-state index < -0.39 is 49.5 Å². The number of hydrogen-bond acceptors (Lipinski definition) is 8. The second-order valence-electron chi connectivity index (χ2n) is 22.2. The summed E-state index contributed by atoms with van der Waals surface area (Å²) in [4.78, 5) is 13.1. The molecule has 6 N–H and O–H groups in total. The van der Waals surface area contributed by atoms with E-state index in [1.54, 1.807) is 6.08 Å². The monoisotopic (exact) mass is 1040 g/mol. The molecule has 0 radical (unpaired) electrons. The molecule has 0 saturated carbocycles. The van der Waals surface area contributed by atoms with Gasteiger partial charge in [-0.25, -0.2) is 0 Å². The molecule has 1 aliphatic heterocycles. The third-order valence-corrected chi connectivity index (χ3v) is 15.1. The van der Waals surface area contributed by atoms with Gasteiger partial charge in [0.1, 0.15) is 24.4 Å². The highest BCUT2D eigenvalue weighted by molar-refractivity contribution is 5.76. The summed E-state index contributed by atoms with van der Waals surface area (Å²) in [7, 11) is 0. The van der Waals surface area contributed by atoms with Crippen molar-refractivity contribution in [2.75, 3.05) is 13.2 Å². The Morgan fingerprint density at radius 3 is 1.18 bits per heavy atom. The molecule has 1 rings (SSSR count). The van der Waals surface area contributed by atoms with Crippen molar-refractivity contribution >= 4 is 5.91 Å². The summed E-state index contributed by atoms with van der Waals surface area (Å²) in [5, 5.41) is 54.6. The minimum absolute atomic E-state index is 0.173. The number of rotatable bonds is 55. The molecule has 434 valence electrons. The number of unbranched alkanes of at least 4 members (excludes halogenated alkanes) is 39. The summed E-state index contributed by atoms with van der Waals surface area (Å²) in [6.07, 6.45) is 66.3. The fourth-order valence-electron chi connectivity index (χ4n) is 10.1. The van der Waals surface area contributed by atoms with Gasteiger partial charge in [-0.1, -0.05) is 287 Å². The number of aliphatic hydroxyl groups is 5. The van der Waals surface area contributed by atoms with Crippen molar-refractivity contribution in [2.45, 2.75) is 346 Å². The molecule has 0 aliphatic carbocycles. The van der Waals surface area contributed by atoms with E-state index in [1.807, 2.05) is 6.08 Å². The quantitative estimate of drug-likeness (QED) is 0.0261. The lowest BCUT2D eigenvalue weighted by Gasteiger charge is -2.40. The predicted octanol–water partition coefficient (Wildman–Crippen LogP) is 16.5. The molecule has 74 heavy (non-hydrogen) atoms. The third kappa shape index (κ3) is 43.2. The van der Waals surface area contributed by atoms with Crippen LogP contribution in [0.4, 0.5) is 0 Å². The predicted molar refractivity (Wildman–Crippen MR) is 313 cm³/mol. The standard InChI is InChI=1S/C65H121NO8/c1-3-5-7-9-11-13-15-17-19-21-22-23-24-25-26-27-28-29-30-31-32-33-34-35-36-37-38-39-41-43-45-47-49-51-53-55-61(69)66-58(57-73-65-64(72)63(71)62(70)60(56-67)74-65)59(68)54-52-50-48-46-44-42-40-20-18-16-14-12-10-8-6-4-2/h15,17,21-22,24-25,52,54,58-60,62-65,67-68,70-72H,3-14,16,18-20,23,26-51,53,55-57H2,1-2H3,(H,66,69)/b17-15-,22-21-,25-24-,54-52+. The molecular weight excluding hydrogens is 923 g/mol. The van der Waals surface area contributed by atoms with Crippen LogP contribution in [0.2, 0.25) is 0 Å². The van der Waals surface area contributed by atoms with Crippen LogP contribution in [0.5, 0.6) is 0 Å². The summed E-state index contributed by atoms with van der Waals surface area (Å²) in [6, 6.07) is -0.804. The van der Waals surface area contributed by atoms with Gasteiger partial charge in [0.25, 0.3) is 0 Å². The van der Waals surface area contributed by atoms with Gasteiger partial charge in [0.15, 0.2) is 6.29 Å². The zero-order valence-electron chi connectivity index (χ0n) is 48.4. The summed E-state index contributed by atoms with van der Waals surface area (Å²) < 4.78 is 11.3. The van der Waals surface area contributed by atoms with E-state index in [0.29, 0.717) is 6.42 Å². The van der Waals surface area contributed by atoms with Crippen molar-refractivity contribution in [1.82, 2.24) is 5.32 Å². The lowest BCUT2D eigenvalue weighted by molar-refractivity contribution is -0.302. The van der Waals surface area contributed by atoms with Crippen molar-refractivity contribution in [3.63, 3.8) is 0 Å². The Hall–Kier alpha value is -1.85. The number of hydrogen-bond donors (Lipinski definition) is 6. The second kappa shape index (κ2) is 54.5. The Morgan fingerprint density at radius 1 is 0.459 bits per heavy atom. The van der Waals surface area contributed by atoms with Crippen LogP contribution in [0.1, 0.15) is 303 Å². The molecule has 1 heterocycles. The fraction of sp³-hybridized carbons (Fsp3) is 0.862. The largest absolute Gasteiger partial charge is 0.394 e. The van der Waals surface area contributed by atoms with Gasteiger partial charge in [0.05, 0.1) is 25.4 Å². The number of carbonyl (C=O) groups is 1. The molecule has 0 aromatic rings. The Morgan fingerprint density at radius 2 is 0.797 bits per heavy atom. The molecule has 7 atom stereocenters. The number of aliphatic hydroxyl groups excluding tert-OH is 5. The third-order valence-electron chi connectivity index (χ3n) is 15.1. The molecule has 1 fully saturated rings. The molecule has 9 heteroatoms. The summed E-state index contributed by atoms with van der Waals surface area (Å²) in [6.45, 7) is 3.79. The van der Waals surface area contributed by atoms with E-state index in [2.05, 4.69) is 55.6 Å².